The third kappa shape index (κ3) is 8.83. The summed E-state index contributed by atoms with van der Waals surface area (Å²) in [5.41, 5.74) is 1.76. The molecular weight excluding hydrogens is 464 g/mol. The molecule has 0 aliphatic carbocycles. The van der Waals surface area contributed by atoms with Gasteiger partial charge in [0.1, 0.15) is 5.75 Å². The van der Waals surface area contributed by atoms with Crippen LogP contribution in [0.2, 0.25) is 0 Å². The molecule has 3 aromatic rings. The number of esters is 1. The molecule has 0 heterocycles. The molecule has 0 saturated heterocycles. The molecule has 8 heteroatoms. The first-order valence-corrected chi connectivity index (χ1v) is 12.2. The van der Waals surface area contributed by atoms with E-state index in [9.17, 15) is 14.4 Å². The minimum absolute atomic E-state index is 0.194. The van der Waals surface area contributed by atoms with E-state index in [0.29, 0.717) is 30.0 Å². The summed E-state index contributed by atoms with van der Waals surface area (Å²) in [5, 5.41) is 5.52. The highest BCUT2D eigenvalue weighted by atomic mass is 32.2. The van der Waals surface area contributed by atoms with Gasteiger partial charge in [0.05, 0.1) is 24.8 Å². The van der Waals surface area contributed by atoms with Gasteiger partial charge in [0.2, 0.25) is 0 Å². The van der Waals surface area contributed by atoms with Gasteiger partial charge in [0, 0.05) is 17.2 Å². The maximum absolute atomic E-state index is 12.7. The summed E-state index contributed by atoms with van der Waals surface area (Å²) in [6.45, 7) is 0.0221. The average molecular weight is 493 g/mol. The van der Waals surface area contributed by atoms with Crippen molar-refractivity contribution < 1.29 is 23.9 Å². The number of hydrogen-bond donors (Lipinski definition) is 2. The van der Waals surface area contributed by atoms with E-state index in [-0.39, 0.29) is 12.3 Å². The number of thioether (sulfide) groups is 1. The average Bonchev–Trinajstić information content (AvgIpc) is 2.89. The van der Waals surface area contributed by atoms with E-state index in [2.05, 4.69) is 10.6 Å². The number of anilines is 1. The summed E-state index contributed by atoms with van der Waals surface area (Å²) in [7, 11) is 1.61. The number of methoxy groups -OCH3 is 1. The van der Waals surface area contributed by atoms with E-state index < -0.39 is 18.5 Å². The van der Waals surface area contributed by atoms with Crippen LogP contribution in [0.3, 0.4) is 0 Å². The highest BCUT2D eigenvalue weighted by Gasteiger charge is 2.14. The number of rotatable bonds is 12. The van der Waals surface area contributed by atoms with Crippen LogP contribution in [-0.2, 0) is 20.7 Å². The molecule has 0 atom stereocenters. The molecule has 0 saturated carbocycles. The Morgan fingerprint density at radius 3 is 2.34 bits per heavy atom. The Hall–Kier alpha value is -3.78. The second-order valence-electron chi connectivity index (χ2n) is 7.52. The predicted molar refractivity (Wildman–Crippen MR) is 137 cm³/mol. The monoisotopic (exact) mass is 492 g/mol. The lowest BCUT2D eigenvalue weighted by atomic mass is 10.1. The molecule has 35 heavy (non-hydrogen) atoms. The molecule has 3 aromatic carbocycles. The van der Waals surface area contributed by atoms with Crippen molar-refractivity contribution in [2.24, 2.45) is 0 Å². The van der Waals surface area contributed by atoms with Gasteiger partial charge in [-0.25, -0.2) is 0 Å². The van der Waals surface area contributed by atoms with E-state index in [0.717, 1.165) is 16.2 Å². The molecule has 0 aromatic heterocycles. The van der Waals surface area contributed by atoms with Gasteiger partial charge in [-0.3, -0.25) is 14.4 Å². The van der Waals surface area contributed by atoms with Crippen molar-refractivity contribution in [2.45, 2.75) is 17.7 Å². The standard InChI is InChI=1S/C27H28N2O5S/c1-33-21-13-11-20(12-14-21)15-17-28-27(32)23-9-5-6-10-24(23)29-25(30)19-34-26(31)16-18-35-22-7-3-2-4-8-22/h2-14H,15-19H2,1H3,(H,28,32)(H,29,30). The lowest BCUT2D eigenvalue weighted by molar-refractivity contribution is -0.146. The Kier molecular flexibility index (Phi) is 10.2. The van der Waals surface area contributed by atoms with Gasteiger partial charge in [0.25, 0.3) is 11.8 Å². The van der Waals surface area contributed by atoms with E-state index >= 15 is 0 Å². The molecule has 0 fully saturated rings. The summed E-state index contributed by atoms with van der Waals surface area (Å²) in [6.07, 6.45) is 0.850. The number of para-hydroxylation sites is 1. The SMILES string of the molecule is COc1ccc(CCNC(=O)c2ccccc2NC(=O)COC(=O)CCSc2ccccc2)cc1. The number of carbonyl (C=O) groups excluding carboxylic acids is 3. The molecule has 3 rings (SSSR count). The largest absolute Gasteiger partial charge is 0.497 e. The number of carbonyl (C=O) groups is 3. The summed E-state index contributed by atoms with van der Waals surface area (Å²) < 4.78 is 10.2. The molecule has 0 spiro atoms. The third-order valence-electron chi connectivity index (χ3n) is 4.99. The molecular formula is C27H28N2O5S. The van der Waals surface area contributed by atoms with Crippen LogP contribution in [-0.4, -0.2) is 43.8 Å². The van der Waals surface area contributed by atoms with Crippen LogP contribution >= 0.6 is 11.8 Å². The number of hydrogen-bond acceptors (Lipinski definition) is 6. The fraction of sp³-hybridized carbons (Fsp3) is 0.222. The van der Waals surface area contributed by atoms with Crippen LogP contribution in [0.15, 0.2) is 83.8 Å². The summed E-state index contributed by atoms with van der Waals surface area (Å²) >= 11 is 1.55. The maximum atomic E-state index is 12.7. The quantitative estimate of drug-likeness (QED) is 0.289. The third-order valence-corrected chi connectivity index (χ3v) is 6.00. The highest BCUT2D eigenvalue weighted by molar-refractivity contribution is 7.99. The van der Waals surface area contributed by atoms with Crippen LogP contribution < -0.4 is 15.4 Å². The fourth-order valence-electron chi connectivity index (χ4n) is 3.17. The fourth-order valence-corrected chi connectivity index (χ4v) is 4.03. The first-order chi connectivity index (χ1) is 17.0. The van der Waals surface area contributed by atoms with Gasteiger partial charge in [-0.05, 0) is 48.4 Å². The molecule has 182 valence electrons. The smallest absolute Gasteiger partial charge is 0.307 e. The molecule has 7 nitrogen and oxygen atoms in total. The van der Waals surface area contributed by atoms with Gasteiger partial charge < -0.3 is 20.1 Å². The Labute approximate surface area is 209 Å². The molecule has 0 unspecified atom stereocenters. The Balaban J connectivity index is 1.42. The first-order valence-electron chi connectivity index (χ1n) is 11.2. The van der Waals surface area contributed by atoms with Crippen LogP contribution in [0.1, 0.15) is 22.3 Å². The van der Waals surface area contributed by atoms with Crippen molar-refractivity contribution in [1.29, 1.82) is 0 Å². The zero-order valence-electron chi connectivity index (χ0n) is 19.5. The zero-order chi connectivity index (χ0) is 24.9. The topological polar surface area (TPSA) is 93.7 Å². The van der Waals surface area contributed by atoms with Crippen molar-refractivity contribution >= 4 is 35.2 Å². The van der Waals surface area contributed by atoms with Crippen molar-refractivity contribution in [1.82, 2.24) is 5.32 Å². The minimum Gasteiger partial charge on any atom is -0.497 e. The maximum Gasteiger partial charge on any atom is 0.307 e. The van der Waals surface area contributed by atoms with Crippen molar-refractivity contribution in [2.75, 3.05) is 31.3 Å². The van der Waals surface area contributed by atoms with Crippen LogP contribution in [0, 0.1) is 0 Å². The number of nitrogens with one attached hydrogen (secondary N) is 2. The molecule has 0 aliphatic heterocycles. The highest BCUT2D eigenvalue weighted by Crippen LogP contribution is 2.18. The van der Waals surface area contributed by atoms with E-state index in [1.807, 2.05) is 54.6 Å². The molecule has 2 amide bonds. The lowest BCUT2D eigenvalue weighted by Gasteiger charge is -2.12. The van der Waals surface area contributed by atoms with Gasteiger partial charge >= 0.3 is 5.97 Å². The van der Waals surface area contributed by atoms with Crippen LogP contribution in [0.4, 0.5) is 5.69 Å². The Morgan fingerprint density at radius 1 is 0.886 bits per heavy atom. The number of ether oxygens (including phenoxy) is 2. The minimum atomic E-state index is -0.507. The summed E-state index contributed by atoms with van der Waals surface area (Å²) in [6, 6.07) is 24.1. The number of amides is 2. The van der Waals surface area contributed by atoms with E-state index in [1.165, 1.54) is 0 Å². The Morgan fingerprint density at radius 2 is 1.60 bits per heavy atom. The summed E-state index contributed by atoms with van der Waals surface area (Å²) in [5.74, 6) is 0.0773. The van der Waals surface area contributed by atoms with Gasteiger partial charge in [0.15, 0.2) is 6.61 Å². The predicted octanol–water partition coefficient (Wildman–Crippen LogP) is 4.33. The summed E-state index contributed by atoms with van der Waals surface area (Å²) in [4.78, 5) is 38.0. The van der Waals surface area contributed by atoms with Crippen molar-refractivity contribution in [3.05, 3.63) is 90.0 Å². The molecule has 0 radical (unpaired) electrons. The van der Waals surface area contributed by atoms with Gasteiger partial charge in [-0.2, -0.15) is 0 Å². The van der Waals surface area contributed by atoms with E-state index in [4.69, 9.17) is 9.47 Å². The van der Waals surface area contributed by atoms with Gasteiger partial charge in [-0.1, -0.05) is 42.5 Å². The molecule has 0 bridgehead atoms. The second-order valence-corrected chi connectivity index (χ2v) is 8.69. The van der Waals surface area contributed by atoms with Gasteiger partial charge in [-0.15, -0.1) is 11.8 Å². The molecule has 0 aliphatic rings. The molecule has 2 N–H and O–H groups in total. The van der Waals surface area contributed by atoms with Crippen molar-refractivity contribution in [3.8, 4) is 5.75 Å². The van der Waals surface area contributed by atoms with Crippen molar-refractivity contribution in [3.63, 3.8) is 0 Å². The zero-order valence-corrected chi connectivity index (χ0v) is 20.3. The van der Waals surface area contributed by atoms with E-state index in [1.54, 1.807) is 43.1 Å². The Bertz CT molecular complexity index is 1120. The lowest BCUT2D eigenvalue weighted by Crippen LogP contribution is -2.28. The first kappa shape index (κ1) is 25.8. The van der Waals surface area contributed by atoms with Crippen LogP contribution in [0.5, 0.6) is 5.75 Å². The normalized spacial score (nSPS) is 10.3. The number of benzene rings is 3. The van der Waals surface area contributed by atoms with Crippen LogP contribution in [0.25, 0.3) is 0 Å². The second kappa shape index (κ2) is 13.8.